The molecule has 0 spiro atoms. The number of para-hydroxylation sites is 1. The molecule has 0 aliphatic heterocycles. The van der Waals surface area contributed by atoms with Gasteiger partial charge in [0.1, 0.15) is 4.90 Å². The Balaban J connectivity index is 1.51. The topological polar surface area (TPSA) is 121 Å². The summed E-state index contributed by atoms with van der Waals surface area (Å²) in [6, 6.07) is 18.2. The summed E-state index contributed by atoms with van der Waals surface area (Å²) < 4.78 is 94.5. The molecule has 0 aliphatic carbocycles. The predicted molar refractivity (Wildman–Crippen MR) is 150 cm³/mol. The molecule has 0 saturated heterocycles. The highest BCUT2D eigenvalue weighted by atomic mass is 35.5. The zero-order valence-corrected chi connectivity index (χ0v) is 23.6. The van der Waals surface area contributed by atoms with Crippen molar-refractivity contribution in [3.8, 4) is 0 Å². The number of nitrogens with one attached hydrogen (secondary N) is 3. The Hall–Kier alpha value is -3.78. The molecule has 0 heterocycles. The molecular weight excluding hydrogens is 626 g/mol. The maximum absolute atomic E-state index is 13.0. The number of amides is 1. The molecule has 214 valence electrons. The fraction of sp³-hybridized carbons (Fsp3) is 0.0385. The van der Waals surface area contributed by atoms with Gasteiger partial charge in [-0.3, -0.25) is 14.2 Å². The maximum atomic E-state index is 13.0. The van der Waals surface area contributed by atoms with Crippen molar-refractivity contribution in [2.24, 2.45) is 0 Å². The summed E-state index contributed by atoms with van der Waals surface area (Å²) in [7, 11) is -8.50. The van der Waals surface area contributed by atoms with Crippen molar-refractivity contribution in [2.45, 2.75) is 16.0 Å². The van der Waals surface area contributed by atoms with Crippen LogP contribution in [0.4, 0.5) is 30.2 Å². The summed E-state index contributed by atoms with van der Waals surface area (Å²) in [5.41, 5.74) is -1.27. The number of anilines is 3. The van der Waals surface area contributed by atoms with Gasteiger partial charge in [-0.15, -0.1) is 0 Å². The average molecular weight is 644 g/mol. The quantitative estimate of drug-likeness (QED) is 0.193. The lowest BCUT2D eigenvalue weighted by atomic mass is 10.1. The molecule has 4 rings (SSSR count). The molecular formula is C26H18Cl2F3N3O5S2. The van der Waals surface area contributed by atoms with Crippen molar-refractivity contribution >= 4 is 66.2 Å². The molecule has 1 amide bonds. The van der Waals surface area contributed by atoms with Crippen LogP contribution in [0, 0.1) is 0 Å². The number of hydrogen-bond acceptors (Lipinski definition) is 5. The third-order valence-electron chi connectivity index (χ3n) is 5.46. The van der Waals surface area contributed by atoms with E-state index in [4.69, 9.17) is 23.2 Å². The van der Waals surface area contributed by atoms with Crippen LogP contribution >= 0.6 is 23.2 Å². The first-order valence-electron chi connectivity index (χ1n) is 11.3. The molecule has 4 aromatic carbocycles. The van der Waals surface area contributed by atoms with E-state index in [-0.39, 0.29) is 42.5 Å². The van der Waals surface area contributed by atoms with Crippen LogP contribution in [0.3, 0.4) is 0 Å². The fourth-order valence-electron chi connectivity index (χ4n) is 3.54. The van der Waals surface area contributed by atoms with Gasteiger partial charge < -0.3 is 5.32 Å². The molecule has 0 aromatic heterocycles. The van der Waals surface area contributed by atoms with E-state index in [1.165, 1.54) is 54.6 Å². The zero-order chi connectivity index (χ0) is 30.0. The van der Waals surface area contributed by atoms with E-state index in [2.05, 4.69) is 14.8 Å². The Morgan fingerprint density at radius 2 is 1.39 bits per heavy atom. The van der Waals surface area contributed by atoms with Crippen molar-refractivity contribution in [1.82, 2.24) is 0 Å². The first-order chi connectivity index (χ1) is 19.2. The normalized spacial score (nSPS) is 12.0. The highest BCUT2D eigenvalue weighted by Gasteiger charge is 2.31. The van der Waals surface area contributed by atoms with Crippen molar-refractivity contribution in [2.75, 3.05) is 14.8 Å². The van der Waals surface area contributed by atoms with Crippen LogP contribution in [0.5, 0.6) is 0 Å². The van der Waals surface area contributed by atoms with Crippen molar-refractivity contribution < 1.29 is 34.8 Å². The van der Waals surface area contributed by atoms with Gasteiger partial charge in [-0.25, -0.2) is 16.8 Å². The molecule has 0 bridgehead atoms. The molecule has 15 heteroatoms. The molecule has 0 saturated carbocycles. The SMILES string of the molecule is O=C(Nc1ccc(S(=O)(=O)Nc2cccc(C(F)(F)F)c2)cc1)c1ccccc1NS(=O)(=O)c1cc(Cl)ccc1Cl. The summed E-state index contributed by atoms with van der Waals surface area (Å²) in [5, 5.41) is 2.59. The summed E-state index contributed by atoms with van der Waals surface area (Å²) in [5.74, 6) is -0.724. The van der Waals surface area contributed by atoms with Crippen molar-refractivity contribution in [3.63, 3.8) is 0 Å². The second-order valence-corrected chi connectivity index (χ2v) is 12.6. The van der Waals surface area contributed by atoms with Gasteiger partial charge in [0, 0.05) is 16.4 Å². The largest absolute Gasteiger partial charge is 0.416 e. The molecule has 0 atom stereocenters. The highest BCUT2D eigenvalue weighted by molar-refractivity contribution is 7.93. The van der Waals surface area contributed by atoms with Gasteiger partial charge in [0.2, 0.25) is 0 Å². The lowest BCUT2D eigenvalue weighted by Crippen LogP contribution is -2.19. The Morgan fingerprint density at radius 1 is 0.707 bits per heavy atom. The average Bonchev–Trinajstić information content (AvgIpc) is 2.90. The molecule has 4 aromatic rings. The molecule has 8 nitrogen and oxygen atoms in total. The number of hydrogen-bond donors (Lipinski definition) is 3. The number of benzene rings is 4. The van der Waals surface area contributed by atoms with Gasteiger partial charge >= 0.3 is 6.18 Å². The number of alkyl halides is 3. The number of carbonyl (C=O) groups excluding carboxylic acids is 1. The van der Waals surface area contributed by atoms with Gasteiger partial charge in [0.05, 0.1) is 26.7 Å². The second-order valence-electron chi connectivity index (χ2n) is 8.39. The summed E-state index contributed by atoms with van der Waals surface area (Å²) in [6.07, 6.45) is -4.65. The van der Waals surface area contributed by atoms with E-state index in [1.807, 2.05) is 0 Å². The third kappa shape index (κ3) is 7.30. The Labute approximate surface area is 243 Å². The fourth-order valence-corrected chi connectivity index (χ4v) is 6.43. The minimum absolute atomic E-state index is 0.0582. The van der Waals surface area contributed by atoms with Crippen LogP contribution in [0.15, 0.2) is 101 Å². The number of sulfonamides is 2. The summed E-state index contributed by atoms with van der Waals surface area (Å²) in [4.78, 5) is 12.4. The van der Waals surface area contributed by atoms with E-state index in [0.29, 0.717) is 6.07 Å². The Bertz CT molecular complexity index is 1830. The van der Waals surface area contributed by atoms with Crippen LogP contribution in [0.2, 0.25) is 10.0 Å². The number of halogens is 5. The Morgan fingerprint density at radius 3 is 2.07 bits per heavy atom. The highest BCUT2D eigenvalue weighted by Crippen LogP contribution is 2.32. The summed E-state index contributed by atoms with van der Waals surface area (Å²) in [6.45, 7) is 0. The third-order valence-corrected chi connectivity index (χ3v) is 8.94. The first-order valence-corrected chi connectivity index (χ1v) is 15.1. The van der Waals surface area contributed by atoms with Gasteiger partial charge in [-0.2, -0.15) is 13.2 Å². The van der Waals surface area contributed by atoms with E-state index >= 15 is 0 Å². The predicted octanol–water partition coefficient (Wildman–Crippen LogP) is 6.87. The van der Waals surface area contributed by atoms with E-state index in [1.54, 1.807) is 0 Å². The van der Waals surface area contributed by atoms with E-state index in [0.717, 1.165) is 30.3 Å². The van der Waals surface area contributed by atoms with Gasteiger partial charge in [0.15, 0.2) is 0 Å². The molecule has 0 aliphatic rings. The standard InChI is InChI=1S/C26H18Cl2F3N3O5S2/c27-17-8-13-22(28)24(15-17)41(38,39)34-23-7-2-1-6-21(23)25(35)32-18-9-11-20(12-10-18)40(36,37)33-19-5-3-4-16(14-19)26(29,30)31/h1-15,33-34H,(H,32,35). The Kier molecular flexibility index (Phi) is 8.54. The minimum Gasteiger partial charge on any atom is -0.322 e. The minimum atomic E-state index is -4.65. The smallest absolute Gasteiger partial charge is 0.322 e. The van der Waals surface area contributed by atoms with Crippen LogP contribution in [-0.4, -0.2) is 22.7 Å². The van der Waals surface area contributed by atoms with Gasteiger partial charge in [-0.05, 0) is 72.8 Å². The van der Waals surface area contributed by atoms with Crippen LogP contribution in [0.25, 0.3) is 0 Å². The lowest BCUT2D eigenvalue weighted by Gasteiger charge is -2.14. The molecule has 41 heavy (non-hydrogen) atoms. The molecule has 0 unspecified atom stereocenters. The van der Waals surface area contributed by atoms with Crippen LogP contribution in [0.1, 0.15) is 15.9 Å². The molecule has 0 radical (unpaired) electrons. The number of rotatable bonds is 8. The number of carbonyl (C=O) groups is 1. The molecule has 3 N–H and O–H groups in total. The summed E-state index contributed by atoms with van der Waals surface area (Å²) >= 11 is 11.9. The molecule has 0 fully saturated rings. The van der Waals surface area contributed by atoms with Crippen molar-refractivity contribution in [3.05, 3.63) is 112 Å². The lowest BCUT2D eigenvalue weighted by molar-refractivity contribution is -0.137. The van der Waals surface area contributed by atoms with Crippen molar-refractivity contribution in [1.29, 1.82) is 0 Å². The van der Waals surface area contributed by atoms with Gasteiger partial charge in [0.25, 0.3) is 26.0 Å². The van der Waals surface area contributed by atoms with Crippen LogP contribution in [-0.2, 0) is 26.2 Å². The van der Waals surface area contributed by atoms with E-state index < -0.39 is 37.7 Å². The zero-order valence-electron chi connectivity index (χ0n) is 20.4. The maximum Gasteiger partial charge on any atom is 0.416 e. The monoisotopic (exact) mass is 643 g/mol. The van der Waals surface area contributed by atoms with Gasteiger partial charge in [-0.1, -0.05) is 41.4 Å². The second kappa shape index (κ2) is 11.6. The first kappa shape index (κ1) is 30.2. The van der Waals surface area contributed by atoms with E-state index in [9.17, 15) is 34.8 Å². The van der Waals surface area contributed by atoms with Crippen LogP contribution < -0.4 is 14.8 Å².